The Morgan fingerprint density at radius 2 is 1.75 bits per heavy atom. The molecule has 1 saturated carbocycles. The van der Waals surface area contributed by atoms with Crippen LogP contribution < -0.4 is 5.73 Å². The summed E-state index contributed by atoms with van der Waals surface area (Å²) in [5.74, 6) is 0.954. The van der Waals surface area contributed by atoms with Gasteiger partial charge in [0.1, 0.15) is 0 Å². The van der Waals surface area contributed by atoms with E-state index in [1.165, 1.54) is 64.7 Å². The van der Waals surface area contributed by atoms with Crippen LogP contribution in [0.4, 0.5) is 0 Å². The Balaban J connectivity index is 1.96. The topological polar surface area (TPSA) is 32.5 Å². The molecule has 2 N–H and O–H groups in total. The number of likely N-dealkylation sites (N-methyl/N-ethyl adjacent to an activating group) is 1. The van der Waals surface area contributed by atoms with Crippen molar-refractivity contribution in [1.82, 2.24) is 9.80 Å². The normalized spacial score (nSPS) is 35.9. The molecule has 3 heteroatoms. The summed E-state index contributed by atoms with van der Waals surface area (Å²) >= 11 is 0. The molecule has 1 atom stereocenters. The third-order valence-corrected chi connectivity index (χ3v) is 6.16. The summed E-state index contributed by atoms with van der Waals surface area (Å²) in [6, 6.07) is 0.761. The molecular formula is C17H35N3. The van der Waals surface area contributed by atoms with Crippen LogP contribution in [-0.2, 0) is 0 Å². The maximum atomic E-state index is 6.24. The van der Waals surface area contributed by atoms with Crippen LogP contribution in [-0.4, -0.2) is 54.1 Å². The highest BCUT2D eigenvalue weighted by molar-refractivity contribution is 5.00. The lowest BCUT2D eigenvalue weighted by Gasteiger charge is -2.46. The molecule has 2 fully saturated rings. The lowest BCUT2D eigenvalue weighted by atomic mass is 9.74. The quantitative estimate of drug-likeness (QED) is 0.812. The molecule has 0 aromatic heterocycles. The van der Waals surface area contributed by atoms with Gasteiger partial charge in [0.25, 0.3) is 0 Å². The van der Waals surface area contributed by atoms with E-state index in [4.69, 9.17) is 5.73 Å². The highest BCUT2D eigenvalue weighted by Gasteiger charge is 2.42. The Hall–Kier alpha value is -0.120. The van der Waals surface area contributed by atoms with E-state index in [0.717, 1.165) is 18.5 Å². The lowest BCUT2D eigenvalue weighted by Crippen LogP contribution is -2.55. The van der Waals surface area contributed by atoms with E-state index in [2.05, 4.69) is 30.6 Å². The summed E-state index contributed by atoms with van der Waals surface area (Å²) < 4.78 is 0. The van der Waals surface area contributed by atoms with Gasteiger partial charge in [0.15, 0.2) is 0 Å². The third kappa shape index (κ3) is 3.20. The molecule has 0 radical (unpaired) electrons. The summed E-state index contributed by atoms with van der Waals surface area (Å²) in [4.78, 5) is 5.38. The first-order valence-electron chi connectivity index (χ1n) is 8.88. The van der Waals surface area contributed by atoms with Gasteiger partial charge in [0.05, 0.1) is 0 Å². The zero-order valence-electron chi connectivity index (χ0n) is 13.9. The molecule has 2 aliphatic rings. The third-order valence-electron chi connectivity index (χ3n) is 6.16. The minimum Gasteiger partial charge on any atom is -0.329 e. The van der Waals surface area contributed by atoms with E-state index in [1.54, 1.807) is 0 Å². The monoisotopic (exact) mass is 281 g/mol. The highest BCUT2D eigenvalue weighted by atomic mass is 15.3. The SMILES string of the molecule is CCC1CCC(CN)(N2CCC(N(CC)CC)C2)CC1. The zero-order valence-corrected chi connectivity index (χ0v) is 13.9. The van der Waals surface area contributed by atoms with Crippen molar-refractivity contribution in [2.75, 3.05) is 32.7 Å². The van der Waals surface area contributed by atoms with E-state index >= 15 is 0 Å². The van der Waals surface area contributed by atoms with Crippen LogP contribution in [0.3, 0.4) is 0 Å². The molecule has 1 saturated heterocycles. The van der Waals surface area contributed by atoms with Gasteiger partial charge in [0, 0.05) is 31.2 Å². The van der Waals surface area contributed by atoms with Crippen LogP contribution in [0.1, 0.15) is 59.3 Å². The Morgan fingerprint density at radius 1 is 1.10 bits per heavy atom. The fourth-order valence-electron chi connectivity index (χ4n) is 4.48. The second-order valence-corrected chi connectivity index (χ2v) is 6.89. The molecular weight excluding hydrogens is 246 g/mol. The largest absolute Gasteiger partial charge is 0.329 e. The first-order valence-corrected chi connectivity index (χ1v) is 8.88. The summed E-state index contributed by atoms with van der Waals surface area (Å²) in [5.41, 5.74) is 6.56. The Labute approximate surface area is 125 Å². The molecule has 0 aromatic rings. The number of rotatable bonds is 6. The second kappa shape index (κ2) is 7.24. The van der Waals surface area contributed by atoms with Gasteiger partial charge in [-0.2, -0.15) is 0 Å². The van der Waals surface area contributed by atoms with Crippen LogP contribution in [0.25, 0.3) is 0 Å². The summed E-state index contributed by atoms with van der Waals surface area (Å²) in [6.07, 6.45) is 8.11. The number of likely N-dealkylation sites (tertiary alicyclic amines) is 1. The number of hydrogen-bond acceptors (Lipinski definition) is 3. The van der Waals surface area contributed by atoms with Crippen molar-refractivity contribution in [3.05, 3.63) is 0 Å². The molecule has 1 heterocycles. The Kier molecular flexibility index (Phi) is 5.88. The van der Waals surface area contributed by atoms with E-state index in [0.29, 0.717) is 5.54 Å². The van der Waals surface area contributed by atoms with Crippen LogP contribution in [0.5, 0.6) is 0 Å². The van der Waals surface area contributed by atoms with Crippen molar-refractivity contribution in [2.24, 2.45) is 11.7 Å². The van der Waals surface area contributed by atoms with Gasteiger partial charge in [-0.25, -0.2) is 0 Å². The van der Waals surface area contributed by atoms with Gasteiger partial charge >= 0.3 is 0 Å². The zero-order chi connectivity index (χ0) is 14.6. The molecule has 118 valence electrons. The van der Waals surface area contributed by atoms with Crippen molar-refractivity contribution in [1.29, 1.82) is 0 Å². The molecule has 2 rings (SSSR count). The van der Waals surface area contributed by atoms with Gasteiger partial charge in [-0.15, -0.1) is 0 Å². The van der Waals surface area contributed by atoms with Crippen LogP contribution in [0.15, 0.2) is 0 Å². The average Bonchev–Trinajstić information content (AvgIpc) is 2.99. The second-order valence-electron chi connectivity index (χ2n) is 6.89. The standard InChI is InChI=1S/C17H35N3/c1-4-15-7-10-17(14-18,11-8-15)20-12-9-16(13-20)19(5-2)6-3/h15-16H,4-14,18H2,1-3H3. The molecule has 1 unspecified atom stereocenters. The fraction of sp³-hybridized carbons (Fsp3) is 1.00. The van der Waals surface area contributed by atoms with Crippen molar-refractivity contribution in [3.63, 3.8) is 0 Å². The molecule has 1 aliphatic heterocycles. The molecule has 1 aliphatic carbocycles. The summed E-state index contributed by atoms with van der Waals surface area (Å²) in [6.45, 7) is 12.6. The van der Waals surface area contributed by atoms with Crippen molar-refractivity contribution in [2.45, 2.75) is 70.9 Å². The maximum absolute atomic E-state index is 6.24. The fourth-order valence-corrected chi connectivity index (χ4v) is 4.48. The number of nitrogens with zero attached hydrogens (tertiary/aromatic N) is 2. The molecule has 0 amide bonds. The van der Waals surface area contributed by atoms with E-state index in [1.807, 2.05) is 0 Å². The molecule has 20 heavy (non-hydrogen) atoms. The van der Waals surface area contributed by atoms with Gasteiger partial charge in [-0.1, -0.05) is 27.2 Å². The minimum absolute atomic E-state index is 0.327. The van der Waals surface area contributed by atoms with Gasteiger partial charge in [0.2, 0.25) is 0 Å². The summed E-state index contributed by atoms with van der Waals surface area (Å²) in [7, 11) is 0. The van der Waals surface area contributed by atoms with Gasteiger partial charge in [-0.3, -0.25) is 9.80 Å². The average molecular weight is 281 g/mol. The maximum Gasteiger partial charge on any atom is 0.0332 e. The van der Waals surface area contributed by atoms with Crippen LogP contribution >= 0.6 is 0 Å². The number of nitrogens with two attached hydrogens (primary N) is 1. The molecule has 3 nitrogen and oxygen atoms in total. The molecule has 0 bridgehead atoms. The van der Waals surface area contributed by atoms with Crippen LogP contribution in [0, 0.1) is 5.92 Å². The highest BCUT2D eigenvalue weighted by Crippen LogP contribution is 2.39. The first-order chi connectivity index (χ1) is 9.69. The van der Waals surface area contributed by atoms with E-state index in [-0.39, 0.29) is 0 Å². The van der Waals surface area contributed by atoms with Crippen molar-refractivity contribution in [3.8, 4) is 0 Å². The van der Waals surface area contributed by atoms with Crippen molar-refractivity contribution < 1.29 is 0 Å². The van der Waals surface area contributed by atoms with Crippen molar-refractivity contribution >= 4 is 0 Å². The Morgan fingerprint density at radius 3 is 2.25 bits per heavy atom. The summed E-state index contributed by atoms with van der Waals surface area (Å²) in [5, 5.41) is 0. The first kappa shape index (κ1) is 16.3. The minimum atomic E-state index is 0.327. The Bertz CT molecular complexity index is 280. The van der Waals surface area contributed by atoms with Gasteiger partial charge in [-0.05, 0) is 51.1 Å². The predicted molar refractivity (Wildman–Crippen MR) is 86.9 cm³/mol. The van der Waals surface area contributed by atoms with Gasteiger partial charge < -0.3 is 5.73 Å². The van der Waals surface area contributed by atoms with E-state index < -0.39 is 0 Å². The van der Waals surface area contributed by atoms with Crippen LogP contribution in [0.2, 0.25) is 0 Å². The molecule has 0 spiro atoms. The smallest absolute Gasteiger partial charge is 0.0332 e. The molecule has 0 aromatic carbocycles. The lowest BCUT2D eigenvalue weighted by molar-refractivity contribution is 0.0547. The predicted octanol–water partition coefficient (Wildman–Crippen LogP) is 2.70. The van der Waals surface area contributed by atoms with E-state index in [9.17, 15) is 0 Å². The number of hydrogen-bond donors (Lipinski definition) is 1.